The monoisotopic (exact) mass is 383 g/mol. The zero-order valence-corrected chi connectivity index (χ0v) is 15.2. The third kappa shape index (κ3) is 3.63. The molecule has 0 aliphatic heterocycles. The third-order valence-electron chi connectivity index (χ3n) is 3.43. The summed E-state index contributed by atoms with van der Waals surface area (Å²) in [6.07, 6.45) is 0.686. The first-order valence-electron chi connectivity index (χ1n) is 7.32. The van der Waals surface area contributed by atoms with Gasteiger partial charge in [0.25, 0.3) is 5.91 Å². The fourth-order valence-corrected chi connectivity index (χ4v) is 3.28. The van der Waals surface area contributed by atoms with E-state index < -0.39 is 0 Å². The lowest BCUT2D eigenvalue weighted by molar-refractivity contribution is 0.0947. The van der Waals surface area contributed by atoms with E-state index in [0.29, 0.717) is 41.1 Å². The Kier molecular flexibility index (Phi) is 5.23. The molecule has 1 amide bonds. The molecular formula is C15H15Cl2N5OS. The molecule has 3 aromatic heterocycles. The number of nitrogens with one attached hydrogen (secondary N) is 2. The number of rotatable bonds is 6. The van der Waals surface area contributed by atoms with E-state index in [1.165, 1.54) is 0 Å². The lowest BCUT2D eigenvalue weighted by atomic mass is 10.3. The standard InChI is InChI=1S/C15H15Cl2N5OS/c1-9-13(16)14(17)22(21-9)6-3-5-18-15(23)11-8-10(19-20-11)12-4-2-7-24-12/h2,4,7-8H,3,5-6H2,1H3,(H,18,23)(H,19,20). The van der Waals surface area contributed by atoms with Crippen LogP contribution in [-0.2, 0) is 6.54 Å². The van der Waals surface area contributed by atoms with E-state index in [2.05, 4.69) is 20.6 Å². The number of amides is 1. The summed E-state index contributed by atoms with van der Waals surface area (Å²) >= 11 is 13.7. The molecule has 3 rings (SSSR count). The molecule has 0 spiro atoms. The van der Waals surface area contributed by atoms with Gasteiger partial charge in [0.05, 0.1) is 16.3 Å². The highest BCUT2D eigenvalue weighted by molar-refractivity contribution is 7.13. The van der Waals surface area contributed by atoms with Crippen molar-refractivity contribution in [3.05, 3.63) is 45.1 Å². The summed E-state index contributed by atoms with van der Waals surface area (Å²) in [4.78, 5) is 13.1. The summed E-state index contributed by atoms with van der Waals surface area (Å²) in [5, 5.41) is 16.9. The topological polar surface area (TPSA) is 75.6 Å². The van der Waals surface area contributed by atoms with Crippen LogP contribution in [0.1, 0.15) is 22.6 Å². The Labute approximate surface area is 152 Å². The Morgan fingerprint density at radius 1 is 1.46 bits per heavy atom. The van der Waals surface area contributed by atoms with Gasteiger partial charge in [-0.15, -0.1) is 11.3 Å². The van der Waals surface area contributed by atoms with Crippen molar-refractivity contribution in [3.8, 4) is 10.6 Å². The van der Waals surface area contributed by atoms with E-state index in [1.54, 1.807) is 29.0 Å². The maximum Gasteiger partial charge on any atom is 0.271 e. The van der Waals surface area contributed by atoms with Gasteiger partial charge in [-0.05, 0) is 30.9 Å². The van der Waals surface area contributed by atoms with Crippen LogP contribution in [0.2, 0.25) is 10.2 Å². The second-order valence-corrected chi connectivity index (χ2v) is 6.85. The smallest absolute Gasteiger partial charge is 0.271 e. The van der Waals surface area contributed by atoms with Crippen molar-refractivity contribution in [2.45, 2.75) is 19.9 Å². The van der Waals surface area contributed by atoms with Crippen LogP contribution >= 0.6 is 34.5 Å². The highest BCUT2D eigenvalue weighted by Gasteiger charge is 2.13. The molecule has 6 nitrogen and oxygen atoms in total. The van der Waals surface area contributed by atoms with E-state index in [9.17, 15) is 4.79 Å². The minimum atomic E-state index is -0.213. The SMILES string of the molecule is Cc1nn(CCCNC(=O)c2cc(-c3cccs3)[nH]n2)c(Cl)c1Cl. The molecule has 0 aliphatic carbocycles. The number of hydrogen-bond acceptors (Lipinski definition) is 4. The summed E-state index contributed by atoms with van der Waals surface area (Å²) in [6.45, 7) is 2.87. The number of halogens is 2. The molecule has 9 heteroatoms. The molecule has 0 aromatic carbocycles. The zero-order valence-electron chi connectivity index (χ0n) is 12.8. The van der Waals surface area contributed by atoms with Crippen molar-refractivity contribution in [3.63, 3.8) is 0 Å². The summed E-state index contributed by atoms with van der Waals surface area (Å²) in [5.74, 6) is -0.213. The molecule has 0 atom stereocenters. The zero-order chi connectivity index (χ0) is 17.1. The normalized spacial score (nSPS) is 11.0. The minimum absolute atomic E-state index is 0.213. The van der Waals surface area contributed by atoms with Crippen LogP contribution in [-0.4, -0.2) is 32.4 Å². The molecule has 126 valence electrons. The van der Waals surface area contributed by atoms with Gasteiger partial charge in [-0.1, -0.05) is 29.3 Å². The first-order chi connectivity index (χ1) is 11.6. The average molecular weight is 384 g/mol. The van der Waals surface area contributed by atoms with Gasteiger partial charge in [0.15, 0.2) is 5.69 Å². The molecule has 3 heterocycles. The van der Waals surface area contributed by atoms with E-state index in [4.69, 9.17) is 23.2 Å². The Morgan fingerprint density at radius 3 is 2.96 bits per heavy atom. The van der Waals surface area contributed by atoms with Crippen LogP contribution in [0.5, 0.6) is 0 Å². The fourth-order valence-electron chi connectivity index (χ4n) is 2.20. The summed E-state index contributed by atoms with van der Waals surface area (Å²) < 4.78 is 1.63. The van der Waals surface area contributed by atoms with Crippen LogP contribution < -0.4 is 5.32 Å². The van der Waals surface area contributed by atoms with Gasteiger partial charge in [0.1, 0.15) is 10.2 Å². The first-order valence-corrected chi connectivity index (χ1v) is 8.95. The van der Waals surface area contributed by atoms with Gasteiger partial charge in [-0.2, -0.15) is 10.2 Å². The minimum Gasteiger partial charge on any atom is -0.351 e. The second-order valence-electron chi connectivity index (χ2n) is 5.17. The highest BCUT2D eigenvalue weighted by atomic mass is 35.5. The van der Waals surface area contributed by atoms with Crippen molar-refractivity contribution in [2.75, 3.05) is 6.54 Å². The largest absolute Gasteiger partial charge is 0.351 e. The number of aryl methyl sites for hydroxylation is 2. The molecule has 0 aliphatic rings. The maximum absolute atomic E-state index is 12.1. The van der Waals surface area contributed by atoms with Crippen LogP contribution in [0.3, 0.4) is 0 Å². The number of carbonyl (C=O) groups is 1. The van der Waals surface area contributed by atoms with Gasteiger partial charge >= 0.3 is 0 Å². The molecule has 2 N–H and O–H groups in total. The van der Waals surface area contributed by atoms with E-state index in [1.807, 2.05) is 17.5 Å². The van der Waals surface area contributed by atoms with Crippen LogP contribution in [0.25, 0.3) is 10.6 Å². The molecule has 0 saturated carbocycles. The van der Waals surface area contributed by atoms with E-state index >= 15 is 0 Å². The molecule has 0 radical (unpaired) electrons. The molecular weight excluding hydrogens is 369 g/mol. The number of H-pyrrole nitrogens is 1. The number of hydrogen-bond donors (Lipinski definition) is 2. The maximum atomic E-state index is 12.1. The van der Waals surface area contributed by atoms with E-state index in [0.717, 1.165) is 10.6 Å². The highest BCUT2D eigenvalue weighted by Crippen LogP contribution is 2.25. The van der Waals surface area contributed by atoms with Crippen molar-refractivity contribution < 1.29 is 4.79 Å². The van der Waals surface area contributed by atoms with Crippen LogP contribution in [0.4, 0.5) is 0 Å². The predicted octanol–water partition coefficient (Wildman–Crippen LogP) is 3.77. The first kappa shape index (κ1) is 17.0. The molecule has 0 bridgehead atoms. The van der Waals surface area contributed by atoms with Gasteiger partial charge < -0.3 is 5.32 Å². The summed E-state index contributed by atoms with van der Waals surface area (Å²) in [6, 6.07) is 5.67. The summed E-state index contributed by atoms with van der Waals surface area (Å²) in [7, 11) is 0. The van der Waals surface area contributed by atoms with E-state index in [-0.39, 0.29) is 5.91 Å². The fraction of sp³-hybridized carbons (Fsp3) is 0.267. The Balaban J connectivity index is 1.50. The number of nitrogens with zero attached hydrogens (tertiary/aromatic N) is 3. The Hall–Kier alpha value is -1.83. The van der Waals surface area contributed by atoms with Gasteiger partial charge in [-0.25, -0.2) is 0 Å². The third-order valence-corrected chi connectivity index (χ3v) is 5.26. The molecule has 24 heavy (non-hydrogen) atoms. The lowest BCUT2D eigenvalue weighted by Gasteiger charge is -2.04. The lowest BCUT2D eigenvalue weighted by Crippen LogP contribution is -2.25. The molecule has 0 fully saturated rings. The number of aromatic amines is 1. The van der Waals surface area contributed by atoms with Crippen LogP contribution in [0, 0.1) is 6.92 Å². The number of thiophene rings is 1. The van der Waals surface area contributed by atoms with Crippen molar-refractivity contribution in [1.82, 2.24) is 25.3 Å². The van der Waals surface area contributed by atoms with Gasteiger partial charge in [0, 0.05) is 13.1 Å². The Morgan fingerprint density at radius 2 is 2.29 bits per heavy atom. The second kappa shape index (κ2) is 7.38. The number of aromatic nitrogens is 4. The molecule has 3 aromatic rings. The molecule has 0 unspecified atom stereocenters. The van der Waals surface area contributed by atoms with Crippen molar-refractivity contribution in [1.29, 1.82) is 0 Å². The molecule has 0 saturated heterocycles. The summed E-state index contributed by atoms with van der Waals surface area (Å²) in [5.41, 5.74) is 1.90. The Bertz CT molecular complexity index is 840. The van der Waals surface area contributed by atoms with Crippen LogP contribution in [0.15, 0.2) is 23.6 Å². The average Bonchev–Trinajstić information content (AvgIpc) is 3.29. The van der Waals surface area contributed by atoms with Crippen molar-refractivity contribution >= 4 is 40.4 Å². The predicted molar refractivity (Wildman–Crippen MR) is 95.8 cm³/mol. The van der Waals surface area contributed by atoms with Crippen molar-refractivity contribution in [2.24, 2.45) is 0 Å². The van der Waals surface area contributed by atoms with Gasteiger partial charge in [-0.3, -0.25) is 14.6 Å². The quantitative estimate of drug-likeness (QED) is 0.636. The number of carbonyl (C=O) groups excluding carboxylic acids is 1. The van der Waals surface area contributed by atoms with Gasteiger partial charge in [0.2, 0.25) is 0 Å².